The number of aliphatic hydroxyl groups excluding tert-OH is 1. The zero-order valence-corrected chi connectivity index (χ0v) is 13.3. The first-order valence-corrected chi connectivity index (χ1v) is 8.08. The van der Waals surface area contributed by atoms with Crippen molar-refractivity contribution in [2.24, 2.45) is 17.8 Å². The van der Waals surface area contributed by atoms with Gasteiger partial charge in [0.2, 0.25) is 0 Å². The molecule has 2 aliphatic heterocycles. The molecule has 0 radical (unpaired) electrons. The molecule has 0 amide bonds. The van der Waals surface area contributed by atoms with E-state index in [-0.39, 0.29) is 17.7 Å². The zero-order valence-electron chi connectivity index (χ0n) is 13.3. The molecule has 3 heteroatoms. The van der Waals surface area contributed by atoms with Gasteiger partial charge in [0.1, 0.15) is 12.3 Å². The minimum absolute atomic E-state index is 0.110. The van der Waals surface area contributed by atoms with Gasteiger partial charge in [-0.15, -0.1) is 0 Å². The number of rotatable bonds is 1. The van der Waals surface area contributed by atoms with Gasteiger partial charge in [-0.1, -0.05) is 25.5 Å². The van der Waals surface area contributed by atoms with Gasteiger partial charge in [0.05, 0.1) is 6.10 Å². The Morgan fingerprint density at radius 3 is 2.70 bits per heavy atom. The summed E-state index contributed by atoms with van der Waals surface area (Å²) in [5.41, 5.74) is 1.18. The van der Waals surface area contributed by atoms with Crippen LogP contribution in [0.2, 0.25) is 0 Å². The second kappa shape index (κ2) is 4.82. The SMILES string of the molecule is C=C(C)[C@@H]1CN2[C@@H](O[C@@H]3C[C@H](C)CC[C@H]3C2(C)C)[C@@H]1O. The van der Waals surface area contributed by atoms with Gasteiger partial charge in [-0.25, -0.2) is 0 Å². The summed E-state index contributed by atoms with van der Waals surface area (Å²) in [6.07, 6.45) is 3.44. The van der Waals surface area contributed by atoms with Gasteiger partial charge in [-0.2, -0.15) is 0 Å². The van der Waals surface area contributed by atoms with Gasteiger partial charge >= 0.3 is 0 Å². The van der Waals surface area contributed by atoms with E-state index in [0.717, 1.165) is 24.5 Å². The maximum Gasteiger partial charge on any atom is 0.138 e. The lowest BCUT2D eigenvalue weighted by Crippen LogP contribution is -2.64. The van der Waals surface area contributed by atoms with Crippen LogP contribution in [0.1, 0.15) is 47.0 Å². The Bertz CT molecular complexity index is 406. The first-order chi connectivity index (χ1) is 9.32. The van der Waals surface area contributed by atoms with E-state index in [1.165, 1.54) is 12.8 Å². The molecule has 0 unspecified atom stereocenters. The molecule has 0 aromatic heterocycles. The third-order valence-electron chi connectivity index (χ3n) is 6.05. The van der Waals surface area contributed by atoms with Crippen molar-refractivity contribution in [1.82, 2.24) is 4.90 Å². The molecule has 3 nitrogen and oxygen atoms in total. The molecule has 20 heavy (non-hydrogen) atoms. The molecular formula is C17H29NO2. The van der Waals surface area contributed by atoms with Crippen molar-refractivity contribution in [3.05, 3.63) is 12.2 Å². The molecule has 1 aliphatic carbocycles. The lowest BCUT2D eigenvalue weighted by Gasteiger charge is -2.55. The van der Waals surface area contributed by atoms with Crippen LogP contribution in [0, 0.1) is 17.8 Å². The summed E-state index contributed by atoms with van der Waals surface area (Å²) in [7, 11) is 0. The first kappa shape index (κ1) is 14.6. The van der Waals surface area contributed by atoms with E-state index in [9.17, 15) is 5.11 Å². The Balaban J connectivity index is 1.88. The second-order valence-corrected chi connectivity index (χ2v) is 7.84. The lowest BCUT2D eigenvalue weighted by atomic mass is 9.70. The number of aliphatic hydroxyl groups is 1. The van der Waals surface area contributed by atoms with Crippen LogP contribution >= 0.6 is 0 Å². The van der Waals surface area contributed by atoms with Crippen LogP contribution < -0.4 is 0 Å². The minimum atomic E-state index is -0.426. The summed E-state index contributed by atoms with van der Waals surface area (Å²) >= 11 is 0. The molecule has 2 saturated heterocycles. The topological polar surface area (TPSA) is 32.7 Å². The highest BCUT2D eigenvalue weighted by Gasteiger charge is 2.56. The summed E-state index contributed by atoms with van der Waals surface area (Å²) in [6.45, 7) is 14.0. The average molecular weight is 279 g/mol. The molecule has 1 N–H and O–H groups in total. The molecule has 0 bridgehead atoms. The van der Waals surface area contributed by atoms with E-state index in [4.69, 9.17) is 4.74 Å². The Labute approximate surface area is 123 Å². The van der Waals surface area contributed by atoms with E-state index in [1.54, 1.807) is 0 Å². The summed E-state index contributed by atoms with van der Waals surface area (Å²) in [4.78, 5) is 2.40. The van der Waals surface area contributed by atoms with E-state index < -0.39 is 6.10 Å². The third-order valence-corrected chi connectivity index (χ3v) is 6.05. The van der Waals surface area contributed by atoms with Crippen LogP contribution in [0.15, 0.2) is 12.2 Å². The normalized spacial score (nSPS) is 47.6. The van der Waals surface area contributed by atoms with Crippen LogP contribution in [-0.4, -0.2) is 40.5 Å². The van der Waals surface area contributed by atoms with Crippen LogP contribution in [0.4, 0.5) is 0 Å². The van der Waals surface area contributed by atoms with Crippen molar-refractivity contribution in [3.8, 4) is 0 Å². The molecule has 3 rings (SSSR count). The number of ether oxygens (including phenoxy) is 1. The van der Waals surface area contributed by atoms with Crippen molar-refractivity contribution in [3.63, 3.8) is 0 Å². The molecule has 1 saturated carbocycles. The van der Waals surface area contributed by atoms with Gasteiger partial charge in [0, 0.05) is 23.9 Å². The molecule has 6 atom stereocenters. The Hall–Kier alpha value is -0.380. The summed E-state index contributed by atoms with van der Waals surface area (Å²) < 4.78 is 6.35. The van der Waals surface area contributed by atoms with E-state index in [2.05, 4.69) is 32.3 Å². The van der Waals surface area contributed by atoms with Crippen molar-refractivity contribution < 1.29 is 9.84 Å². The van der Waals surface area contributed by atoms with E-state index in [0.29, 0.717) is 12.0 Å². The standard InChI is InChI=1S/C17H29NO2/c1-10(2)12-9-18-16(15(12)19)20-14-8-11(3)6-7-13(14)17(18,4)5/h11-16,19H,1,6-9H2,2-5H3/t11-,12+,13-,14-,15-,16+/m1/s1. The maximum absolute atomic E-state index is 10.6. The summed E-state index contributed by atoms with van der Waals surface area (Å²) in [6, 6.07) is 0. The number of hydrogen-bond acceptors (Lipinski definition) is 3. The largest absolute Gasteiger partial charge is 0.388 e. The predicted molar refractivity (Wildman–Crippen MR) is 80.3 cm³/mol. The molecule has 0 spiro atoms. The smallest absolute Gasteiger partial charge is 0.138 e. The molecule has 114 valence electrons. The first-order valence-electron chi connectivity index (χ1n) is 8.08. The third kappa shape index (κ3) is 2.06. The fraction of sp³-hybridized carbons (Fsp3) is 0.882. The van der Waals surface area contributed by atoms with Crippen LogP contribution in [-0.2, 0) is 4.74 Å². The Kier molecular flexibility index (Phi) is 3.51. The molecule has 0 aromatic carbocycles. The quantitative estimate of drug-likeness (QED) is 0.749. The summed E-state index contributed by atoms with van der Waals surface area (Å²) in [5, 5.41) is 10.6. The van der Waals surface area contributed by atoms with Crippen LogP contribution in [0.25, 0.3) is 0 Å². The van der Waals surface area contributed by atoms with Crippen molar-refractivity contribution in [1.29, 1.82) is 0 Å². The zero-order chi connectivity index (χ0) is 14.7. The maximum atomic E-state index is 10.6. The van der Waals surface area contributed by atoms with Gasteiger partial charge in [-0.05, 0) is 39.5 Å². The Morgan fingerprint density at radius 1 is 1.35 bits per heavy atom. The molecule has 2 heterocycles. The number of fused-ring (bicyclic) bond motifs is 2. The van der Waals surface area contributed by atoms with Crippen LogP contribution in [0.3, 0.4) is 0 Å². The predicted octanol–water partition coefficient (Wildman–Crippen LogP) is 2.79. The van der Waals surface area contributed by atoms with Gasteiger partial charge in [-0.3, -0.25) is 4.90 Å². The van der Waals surface area contributed by atoms with Crippen molar-refractivity contribution >= 4 is 0 Å². The summed E-state index contributed by atoms with van der Waals surface area (Å²) in [5.74, 6) is 1.48. The number of hydrogen-bond donors (Lipinski definition) is 1. The molecule has 3 fully saturated rings. The monoisotopic (exact) mass is 279 g/mol. The second-order valence-electron chi connectivity index (χ2n) is 7.84. The van der Waals surface area contributed by atoms with Crippen molar-refractivity contribution in [2.45, 2.75) is 70.9 Å². The number of nitrogens with zero attached hydrogens (tertiary/aromatic N) is 1. The highest BCUT2D eigenvalue weighted by Crippen LogP contribution is 2.48. The van der Waals surface area contributed by atoms with Gasteiger partial charge < -0.3 is 9.84 Å². The average Bonchev–Trinajstić information content (AvgIpc) is 2.67. The highest BCUT2D eigenvalue weighted by molar-refractivity contribution is 5.12. The van der Waals surface area contributed by atoms with E-state index >= 15 is 0 Å². The van der Waals surface area contributed by atoms with Gasteiger partial charge in [0.15, 0.2) is 0 Å². The fourth-order valence-electron chi connectivity index (χ4n) is 4.65. The highest BCUT2D eigenvalue weighted by atomic mass is 16.5. The van der Waals surface area contributed by atoms with E-state index in [1.807, 2.05) is 6.92 Å². The molecular weight excluding hydrogens is 250 g/mol. The molecule has 3 aliphatic rings. The lowest BCUT2D eigenvalue weighted by molar-refractivity contribution is -0.237. The van der Waals surface area contributed by atoms with Gasteiger partial charge in [0.25, 0.3) is 0 Å². The van der Waals surface area contributed by atoms with Crippen LogP contribution in [0.5, 0.6) is 0 Å². The Morgan fingerprint density at radius 2 is 2.05 bits per heavy atom. The van der Waals surface area contributed by atoms with Crippen molar-refractivity contribution in [2.75, 3.05) is 6.54 Å². The molecule has 0 aromatic rings. The fourth-order valence-corrected chi connectivity index (χ4v) is 4.65. The minimum Gasteiger partial charge on any atom is -0.388 e.